The normalized spacial score (nSPS) is 10.9. The summed E-state index contributed by atoms with van der Waals surface area (Å²) in [5.74, 6) is 0.723. The van der Waals surface area contributed by atoms with Crippen molar-refractivity contribution in [2.45, 2.75) is 13.1 Å². The zero-order valence-corrected chi connectivity index (χ0v) is 21.8. The minimum atomic E-state index is -4.51. The van der Waals surface area contributed by atoms with Gasteiger partial charge in [0.2, 0.25) is 5.95 Å². The van der Waals surface area contributed by atoms with Crippen LogP contribution in [0.3, 0.4) is 0 Å². The second-order valence-corrected chi connectivity index (χ2v) is 8.74. The number of amides is 3. The molecule has 4 N–H and O–H groups in total. The molecule has 1 aromatic heterocycles. The van der Waals surface area contributed by atoms with Gasteiger partial charge in [0.15, 0.2) is 0 Å². The van der Waals surface area contributed by atoms with Crippen molar-refractivity contribution in [2.24, 2.45) is 0 Å². The fourth-order valence-electron chi connectivity index (χ4n) is 3.77. The van der Waals surface area contributed by atoms with Gasteiger partial charge >= 0.3 is 12.2 Å². The van der Waals surface area contributed by atoms with E-state index in [-0.39, 0.29) is 11.6 Å². The van der Waals surface area contributed by atoms with E-state index in [0.717, 1.165) is 23.4 Å². The van der Waals surface area contributed by atoms with Crippen LogP contribution < -0.4 is 26.2 Å². The average molecular weight is 550 g/mol. The molecular weight excluding hydrogens is 523 g/mol. The molecule has 0 fully saturated rings. The predicted octanol–water partition coefficient (Wildman–Crippen LogP) is 6.32. The number of aryl methyl sites for hydroxylation is 1. The van der Waals surface area contributed by atoms with Crippen molar-refractivity contribution in [3.63, 3.8) is 0 Å². The van der Waals surface area contributed by atoms with E-state index in [1.54, 1.807) is 49.6 Å². The smallest absolute Gasteiger partial charge is 0.355 e. The summed E-state index contributed by atoms with van der Waals surface area (Å²) in [6.45, 7) is 1.85. The number of carbonyl (C=O) groups is 2. The number of urea groups is 1. The van der Waals surface area contributed by atoms with Gasteiger partial charge in [-0.05, 0) is 73.2 Å². The second kappa shape index (κ2) is 11.7. The number of benzene rings is 3. The van der Waals surface area contributed by atoms with Gasteiger partial charge in [0.25, 0.3) is 5.91 Å². The van der Waals surface area contributed by atoms with Gasteiger partial charge in [-0.15, -0.1) is 0 Å². The molecule has 0 aliphatic rings. The maximum Gasteiger partial charge on any atom is 0.416 e. The molecule has 0 aliphatic heterocycles. The van der Waals surface area contributed by atoms with Crippen molar-refractivity contribution in [1.29, 1.82) is 0 Å². The number of rotatable bonds is 7. The van der Waals surface area contributed by atoms with Gasteiger partial charge in [-0.3, -0.25) is 4.79 Å². The average Bonchev–Trinajstić information content (AvgIpc) is 2.93. The lowest BCUT2D eigenvalue weighted by atomic mass is 10.1. The van der Waals surface area contributed by atoms with Crippen LogP contribution in [0.25, 0.3) is 0 Å². The third kappa shape index (κ3) is 6.84. The highest BCUT2D eigenvalue weighted by Crippen LogP contribution is 2.31. The third-order valence-corrected chi connectivity index (χ3v) is 5.91. The number of aromatic nitrogens is 2. The van der Waals surface area contributed by atoms with Crippen LogP contribution in [-0.2, 0) is 6.18 Å². The van der Waals surface area contributed by atoms with Crippen LogP contribution in [0, 0.1) is 6.92 Å². The van der Waals surface area contributed by atoms with E-state index in [9.17, 15) is 22.8 Å². The molecule has 3 amide bonds. The highest BCUT2D eigenvalue weighted by atomic mass is 19.4. The van der Waals surface area contributed by atoms with E-state index in [1.165, 1.54) is 12.1 Å². The first-order valence-electron chi connectivity index (χ1n) is 12.1. The molecule has 0 radical (unpaired) electrons. The Kier molecular flexibility index (Phi) is 8.18. The summed E-state index contributed by atoms with van der Waals surface area (Å²) in [6.07, 6.45) is -2.91. The summed E-state index contributed by atoms with van der Waals surface area (Å²) in [5.41, 5.74) is 2.40. The van der Waals surface area contributed by atoms with Crippen LogP contribution in [0.2, 0.25) is 0 Å². The van der Waals surface area contributed by atoms with Gasteiger partial charge in [-0.2, -0.15) is 18.2 Å². The highest BCUT2D eigenvalue weighted by Gasteiger charge is 2.30. The first kappa shape index (κ1) is 27.9. The van der Waals surface area contributed by atoms with Gasteiger partial charge in [0, 0.05) is 48.6 Å². The Hall–Kier alpha value is -5.13. The third-order valence-electron chi connectivity index (χ3n) is 5.91. The number of carbonyl (C=O) groups excluding carboxylic acids is 2. The van der Waals surface area contributed by atoms with E-state index in [1.807, 2.05) is 31.0 Å². The first-order valence-corrected chi connectivity index (χ1v) is 12.1. The minimum absolute atomic E-state index is 0.0207. The quantitative estimate of drug-likeness (QED) is 0.215. The molecule has 9 nitrogen and oxygen atoms in total. The van der Waals surface area contributed by atoms with Crippen LogP contribution in [0.15, 0.2) is 79.0 Å². The molecule has 0 aliphatic carbocycles. The van der Waals surface area contributed by atoms with Crippen LogP contribution in [-0.4, -0.2) is 36.0 Å². The lowest BCUT2D eigenvalue weighted by Crippen LogP contribution is -2.20. The van der Waals surface area contributed by atoms with Crippen molar-refractivity contribution >= 4 is 46.5 Å². The van der Waals surface area contributed by atoms with Gasteiger partial charge in [0.1, 0.15) is 5.82 Å². The zero-order chi connectivity index (χ0) is 28.9. The van der Waals surface area contributed by atoms with Gasteiger partial charge in [-0.25, -0.2) is 9.78 Å². The molecule has 0 spiro atoms. The van der Waals surface area contributed by atoms with Gasteiger partial charge < -0.3 is 26.2 Å². The summed E-state index contributed by atoms with van der Waals surface area (Å²) in [5, 5.41) is 10.7. The fourth-order valence-corrected chi connectivity index (χ4v) is 3.77. The lowest BCUT2D eigenvalue weighted by molar-refractivity contribution is -0.137. The molecule has 12 heteroatoms. The molecule has 0 bridgehead atoms. The maximum atomic E-state index is 12.9. The molecule has 4 aromatic rings. The fraction of sp³-hybridized carbons (Fsp3) is 0.143. The topological polar surface area (TPSA) is 111 Å². The molecule has 0 saturated heterocycles. The lowest BCUT2D eigenvalue weighted by Gasteiger charge is -2.19. The molecule has 40 heavy (non-hydrogen) atoms. The van der Waals surface area contributed by atoms with Crippen LogP contribution >= 0.6 is 0 Å². The molecule has 3 aromatic carbocycles. The van der Waals surface area contributed by atoms with Crippen LogP contribution in [0.1, 0.15) is 21.5 Å². The standard InChI is InChI=1S/C28H26F3N7O2/c1-17-7-8-21(16-23(17)25(39)32-2)34-26-33-14-13-24(37-26)38(3)22-11-9-19(10-12-22)35-27(40)36-20-6-4-5-18(15-20)28(29,30)31/h4-16H,1-3H3,(H,32,39)(H,33,34,37)(H2,35,36,40). The van der Waals surface area contributed by atoms with Crippen LogP contribution in [0.4, 0.5) is 52.5 Å². The second-order valence-electron chi connectivity index (χ2n) is 8.74. The maximum absolute atomic E-state index is 12.9. The molecule has 206 valence electrons. The number of hydrogen-bond acceptors (Lipinski definition) is 6. The van der Waals surface area contributed by atoms with E-state index in [0.29, 0.717) is 28.7 Å². The van der Waals surface area contributed by atoms with E-state index < -0.39 is 17.8 Å². The number of hydrogen-bond donors (Lipinski definition) is 4. The van der Waals surface area contributed by atoms with Crippen molar-refractivity contribution in [2.75, 3.05) is 34.9 Å². The summed E-state index contributed by atoms with van der Waals surface area (Å²) in [6, 6.07) is 17.6. The van der Waals surface area contributed by atoms with Gasteiger partial charge in [0.05, 0.1) is 5.56 Å². The predicted molar refractivity (Wildman–Crippen MR) is 148 cm³/mol. The molecule has 4 rings (SSSR count). The Morgan fingerprint density at radius 3 is 2.27 bits per heavy atom. The Bertz CT molecular complexity index is 1530. The Labute approximate surface area is 228 Å². The summed E-state index contributed by atoms with van der Waals surface area (Å²) >= 11 is 0. The number of anilines is 6. The van der Waals surface area contributed by atoms with Crippen molar-refractivity contribution in [3.05, 3.63) is 95.7 Å². The first-order chi connectivity index (χ1) is 19.0. The van der Waals surface area contributed by atoms with E-state index in [4.69, 9.17) is 0 Å². The molecule has 0 unspecified atom stereocenters. The van der Waals surface area contributed by atoms with Crippen molar-refractivity contribution < 1.29 is 22.8 Å². The number of nitrogens with zero attached hydrogens (tertiary/aromatic N) is 3. The molecule has 0 saturated carbocycles. The molecule has 1 heterocycles. The Morgan fingerprint density at radius 1 is 0.875 bits per heavy atom. The van der Waals surface area contributed by atoms with Crippen molar-refractivity contribution in [3.8, 4) is 0 Å². The van der Waals surface area contributed by atoms with E-state index >= 15 is 0 Å². The molecular formula is C28H26F3N7O2. The highest BCUT2D eigenvalue weighted by molar-refractivity contribution is 6.00. The largest absolute Gasteiger partial charge is 0.416 e. The minimum Gasteiger partial charge on any atom is -0.355 e. The number of alkyl halides is 3. The Morgan fingerprint density at radius 2 is 1.57 bits per heavy atom. The SMILES string of the molecule is CNC(=O)c1cc(Nc2nccc(N(C)c3ccc(NC(=O)Nc4cccc(C(F)(F)F)c4)cc3)n2)ccc1C. The monoisotopic (exact) mass is 549 g/mol. The summed E-state index contributed by atoms with van der Waals surface area (Å²) in [4.78, 5) is 35.0. The Balaban J connectivity index is 1.41. The van der Waals surface area contributed by atoms with E-state index in [2.05, 4.69) is 31.2 Å². The van der Waals surface area contributed by atoms with Crippen molar-refractivity contribution in [1.82, 2.24) is 15.3 Å². The molecule has 0 atom stereocenters. The van der Waals surface area contributed by atoms with Crippen LogP contribution in [0.5, 0.6) is 0 Å². The number of nitrogens with one attached hydrogen (secondary N) is 4. The number of halogens is 3. The summed E-state index contributed by atoms with van der Waals surface area (Å²) < 4.78 is 38.7. The zero-order valence-electron chi connectivity index (χ0n) is 21.8. The van der Waals surface area contributed by atoms with Gasteiger partial charge in [-0.1, -0.05) is 12.1 Å². The summed E-state index contributed by atoms with van der Waals surface area (Å²) in [7, 11) is 3.38.